The normalized spacial score (nSPS) is 9.92. The maximum absolute atomic E-state index is 10.6. The molecule has 0 atom stereocenters. The van der Waals surface area contributed by atoms with Crippen molar-refractivity contribution in [2.45, 2.75) is 26.2 Å². The molecule has 0 radical (unpaired) electrons. The van der Waals surface area contributed by atoms with E-state index in [0.29, 0.717) is 9.75 Å². The first-order valence-corrected chi connectivity index (χ1v) is 5.16. The van der Waals surface area contributed by atoms with Crippen LogP contribution in [-0.4, -0.2) is 12.6 Å². The van der Waals surface area contributed by atoms with Crippen molar-refractivity contribution in [1.82, 2.24) is 0 Å². The van der Waals surface area contributed by atoms with Crippen molar-refractivity contribution in [3.05, 3.63) is 21.4 Å². The highest BCUT2D eigenvalue weighted by Gasteiger charge is 2.06. The Morgan fingerprint density at radius 1 is 1.38 bits per heavy atom. The third-order valence-corrected chi connectivity index (χ3v) is 2.91. The van der Waals surface area contributed by atoms with Crippen LogP contribution in [0, 0.1) is 0 Å². The molecule has 0 unspecified atom stereocenters. The summed E-state index contributed by atoms with van der Waals surface area (Å²) in [4.78, 5) is 22.4. The Morgan fingerprint density at radius 3 is 2.69 bits per heavy atom. The Hall–Kier alpha value is -0.960. The summed E-state index contributed by atoms with van der Waals surface area (Å²) in [7, 11) is 0. The van der Waals surface area contributed by atoms with Gasteiger partial charge in [0.15, 0.2) is 12.6 Å². The summed E-state index contributed by atoms with van der Waals surface area (Å²) in [5.41, 5.74) is 1.02. The number of carbonyl (C=O) groups is 2. The highest BCUT2D eigenvalue weighted by atomic mass is 32.1. The van der Waals surface area contributed by atoms with E-state index in [9.17, 15) is 9.59 Å². The van der Waals surface area contributed by atoms with Crippen molar-refractivity contribution in [2.75, 3.05) is 0 Å². The van der Waals surface area contributed by atoms with Crippen molar-refractivity contribution in [3.8, 4) is 0 Å². The van der Waals surface area contributed by atoms with Crippen LogP contribution in [0.5, 0.6) is 0 Å². The minimum absolute atomic E-state index is 0.646. The van der Waals surface area contributed by atoms with Gasteiger partial charge in [0.05, 0.1) is 9.75 Å². The van der Waals surface area contributed by atoms with E-state index < -0.39 is 0 Å². The minimum Gasteiger partial charge on any atom is -0.297 e. The van der Waals surface area contributed by atoms with Gasteiger partial charge in [-0.05, 0) is 24.5 Å². The van der Waals surface area contributed by atoms with E-state index in [4.69, 9.17) is 0 Å². The first kappa shape index (κ1) is 10.1. The largest absolute Gasteiger partial charge is 0.297 e. The molecule has 0 aromatic carbocycles. The summed E-state index contributed by atoms with van der Waals surface area (Å²) < 4.78 is 0. The fourth-order valence-corrected chi connectivity index (χ4v) is 2.03. The third-order valence-electron chi connectivity index (χ3n) is 1.88. The summed E-state index contributed by atoms with van der Waals surface area (Å²) >= 11 is 1.27. The fraction of sp³-hybridized carbons (Fsp3) is 0.400. The van der Waals surface area contributed by atoms with Crippen LogP contribution in [0.2, 0.25) is 0 Å². The number of thiophene rings is 1. The van der Waals surface area contributed by atoms with E-state index in [1.165, 1.54) is 11.3 Å². The van der Waals surface area contributed by atoms with Crippen molar-refractivity contribution in [1.29, 1.82) is 0 Å². The molecule has 0 aliphatic rings. The molecular formula is C10H12O2S. The zero-order chi connectivity index (χ0) is 9.68. The van der Waals surface area contributed by atoms with E-state index in [1.807, 2.05) is 6.07 Å². The van der Waals surface area contributed by atoms with Gasteiger partial charge in [0.2, 0.25) is 0 Å². The second kappa shape index (κ2) is 4.92. The monoisotopic (exact) mass is 196 g/mol. The fourth-order valence-electron chi connectivity index (χ4n) is 1.19. The van der Waals surface area contributed by atoms with E-state index in [-0.39, 0.29) is 0 Å². The SMILES string of the molecule is CCCCc1cc(C=O)sc1C=O. The molecule has 0 aliphatic carbocycles. The number of hydrogen-bond acceptors (Lipinski definition) is 3. The Labute approximate surface area is 81.6 Å². The summed E-state index contributed by atoms with van der Waals surface area (Å²) in [5.74, 6) is 0. The molecule has 1 rings (SSSR count). The van der Waals surface area contributed by atoms with Crippen molar-refractivity contribution >= 4 is 23.9 Å². The van der Waals surface area contributed by atoms with Gasteiger partial charge in [0.1, 0.15) is 0 Å². The number of hydrogen-bond donors (Lipinski definition) is 0. The standard InChI is InChI=1S/C10H12O2S/c1-2-3-4-8-5-9(6-11)13-10(8)7-12/h5-7H,2-4H2,1H3. The van der Waals surface area contributed by atoms with E-state index in [1.54, 1.807) is 0 Å². The van der Waals surface area contributed by atoms with Crippen LogP contribution < -0.4 is 0 Å². The average molecular weight is 196 g/mol. The van der Waals surface area contributed by atoms with Gasteiger partial charge in [0, 0.05) is 0 Å². The Bertz CT molecular complexity index is 302. The highest BCUT2D eigenvalue weighted by Crippen LogP contribution is 2.21. The quantitative estimate of drug-likeness (QED) is 0.678. The average Bonchev–Trinajstić information content (AvgIpc) is 2.57. The van der Waals surface area contributed by atoms with Crippen LogP contribution in [0.4, 0.5) is 0 Å². The second-order valence-electron chi connectivity index (χ2n) is 2.88. The molecular weight excluding hydrogens is 184 g/mol. The molecule has 2 nitrogen and oxygen atoms in total. The Morgan fingerprint density at radius 2 is 2.15 bits per heavy atom. The van der Waals surface area contributed by atoms with Crippen LogP contribution in [0.3, 0.4) is 0 Å². The van der Waals surface area contributed by atoms with Gasteiger partial charge in [-0.2, -0.15) is 0 Å². The molecule has 0 fully saturated rings. The lowest BCUT2D eigenvalue weighted by Crippen LogP contribution is -1.85. The van der Waals surface area contributed by atoms with Crippen LogP contribution >= 0.6 is 11.3 Å². The molecule has 0 saturated carbocycles. The lowest BCUT2D eigenvalue weighted by molar-refractivity contribution is 0.111. The topological polar surface area (TPSA) is 34.1 Å². The maximum Gasteiger partial charge on any atom is 0.160 e. The van der Waals surface area contributed by atoms with Gasteiger partial charge in [-0.15, -0.1) is 11.3 Å². The molecule has 1 aromatic heterocycles. The zero-order valence-electron chi connectivity index (χ0n) is 7.58. The summed E-state index contributed by atoms with van der Waals surface area (Å²) in [6.07, 6.45) is 4.70. The Balaban J connectivity index is 2.83. The molecule has 0 spiro atoms. The minimum atomic E-state index is 0.646. The summed E-state index contributed by atoms with van der Waals surface area (Å²) in [5, 5.41) is 0. The Kier molecular flexibility index (Phi) is 3.83. The van der Waals surface area contributed by atoms with Gasteiger partial charge >= 0.3 is 0 Å². The zero-order valence-corrected chi connectivity index (χ0v) is 8.39. The predicted molar refractivity (Wildman–Crippen MR) is 53.7 cm³/mol. The van der Waals surface area contributed by atoms with E-state index in [2.05, 4.69) is 6.92 Å². The summed E-state index contributed by atoms with van der Waals surface area (Å²) in [6, 6.07) is 1.82. The van der Waals surface area contributed by atoms with Gasteiger partial charge in [-0.3, -0.25) is 9.59 Å². The van der Waals surface area contributed by atoms with Gasteiger partial charge in [0.25, 0.3) is 0 Å². The van der Waals surface area contributed by atoms with E-state index in [0.717, 1.165) is 37.4 Å². The van der Waals surface area contributed by atoms with Gasteiger partial charge < -0.3 is 0 Å². The maximum atomic E-state index is 10.6. The molecule has 3 heteroatoms. The molecule has 1 heterocycles. The highest BCUT2D eigenvalue weighted by molar-refractivity contribution is 7.15. The first-order valence-electron chi connectivity index (χ1n) is 4.35. The first-order chi connectivity index (χ1) is 6.31. The lowest BCUT2D eigenvalue weighted by atomic mass is 10.1. The van der Waals surface area contributed by atoms with Gasteiger partial charge in [-0.1, -0.05) is 13.3 Å². The number of carbonyl (C=O) groups excluding carboxylic acids is 2. The van der Waals surface area contributed by atoms with Crippen molar-refractivity contribution in [3.63, 3.8) is 0 Å². The molecule has 0 aliphatic heterocycles. The number of aldehydes is 2. The molecule has 0 N–H and O–H groups in total. The van der Waals surface area contributed by atoms with Crippen molar-refractivity contribution < 1.29 is 9.59 Å². The smallest absolute Gasteiger partial charge is 0.160 e. The molecule has 0 amide bonds. The molecule has 13 heavy (non-hydrogen) atoms. The van der Waals surface area contributed by atoms with Crippen LogP contribution in [0.25, 0.3) is 0 Å². The number of aryl methyl sites for hydroxylation is 1. The summed E-state index contributed by atoms with van der Waals surface area (Å²) in [6.45, 7) is 2.10. The molecule has 70 valence electrons. The van der Waals surface area contributed by atoms with Crippen LogP contribution in [0.1, 0.15) is 44.7 Å². The molecule has 0 saturated heterocycles. The molecule has 1 aromatic rings. The molecule has 0 bridgehead atoms. The van der Waals surface area contributed by atoms with Crippen LogP contribution in [0.15, 0.2) is 6.07 Å². The third kappa shape index (κ3) is 2.49. The number of rotatable bonds is 5. The van der Waals surface area contributed by atoms with Crippen molar-refractivity contribution in [2.24, 2.45) is 0 Å². The number of unbranched alkanes of at least 4 members (excludes halogenated alkanes) is 1. The lowest BCUT2D eigenvalue weighted by Gasteiger charge is -1.94. The second-order valence-corrected chi connectivity index (χ2v) is 3.99. The van der Waals surface area contributed by atoms with Gasteiger partial charge in [-0.25, -0.2) is 0 Å². The van der Waals surface area contributed by atoms with Crippen LogP contribution in [-0.2, 0) is 6.42 Å². The predicted octanol–water partition coefficient (Wildman–Crippen LogP) is 2.72. The van der Waals surface area contributed by atoms with E-state index >= 15 is 0 Å².